The van der Waals surface area contributed by atoms with Gasteiger partial charge in [0.2, 0.25) is 0 Å². The molecule has 0 heterocycles. The Labute approximate surface area is 156 Å². The lowest BCUT2D eigenvalue weighted by Crippen LogP contribution is -2.10. The van der Waals surface area contributed by atoms with Gasteiger partial charge in [-0.1, -0.05) is 25.1 Å². The molecule has 27 heavy (non-hydrogen) atoms. The van der Waals surface area contributed by atoms with Gasteiger partial charge < -0.3 is 29.5 Å². The van der Waals surface area contributed by atoms with Gasteiger partial charge in [0.25, 0.3) is 0 Å². The van der Waals surface area contributed by atoms with E-state index in [-0.39, 0.29) is 23.0 Å². The Kier molecular flexibility index (Phi) is 8.61. The summed E-state index contributed by atoms with van der Waals surface area (Å²) in [7, 11) is 2.88. The van der Waals surface area contributed by atoms with Crippen molar-refractivity contribution in [1.82, 2.24) is 0 Å². The summed E-state index contributed by atoms with van der Waals surface area (Å²) in [6.45, 7) is 1.75. The zero-order valence-electron chi connectivity index (χ0n) is 15.2. The average molecular weight is 378 g/mol. The Bertz CT molecular complexity index is 772. The molecule has 8 heteroatoms. The van der Waals surface area contributed by atoms with E-state index in [0.29, 0.717) is 17.9 Å². The SMILES string of the molecule is CCC(=O)Oc1ccccc1OC.COc1cc(C(O)C(=O)O)ccc1O. The minimum atomic E-state index is -1.61. The van der Waals surface area contributed by atoms with Crippen LogP contribution in [0, 0.1) is 0 Å². The molecular formula is C19H22O8. The molecule has 0 saturated heterocycles. The van der Waals surface area contributed by atoms with E-state index in [2.05, 4.69) is 0 Å². The van der Waals surface area contributed by atoms with E-state index in [1.165, 1.54) is 25.3 Å². The first-order valence-corrected chi connectivity index (χ1v) is 7.95. The largest absolute Gasteiger partial charge is 0.504 e. The lowest BCUT2D eigenvalue weighted by Gasteiger charge is -2.08. The van der Waals surface area contributed by atoms with Crippen molar-refractivity contribution in [3.8, 4) is 23.0 Å². The summed E-state index contributed by atoms with van der Waals surface area (Å²) in [5, 5.41) is 26.9. The predicted molar refractivity (Wildman–Crippen MR) is 96.2 cm³/mol. The van der Waals surface area contributed by atoms with Crippen molar-refractivity contribution >= 4 is 11.9 Å². The van der Waals surface area contributed by atoms with Gasteiger partial charge in [0.15, 0.2) is 29.1 Å². The summed E-state index contributed by atoms with van der Waals surface area (Å²) in [6, 6.07) is 10.9. The monoisotopic (exact) mass is 378 g/mol. The van der Waals surface area contributed by atoms with Crippen LogP contribution in [0.5, 0.6) is 23.0 Å². The Balaban J connectivity index is 0.000000271. The number of para-hydroxylation sites is 2. The number of aliphatic hydroxyl groups excluding tert-OH is 1. The summed E-state index contributed by atoms with van der Waals surface area (Å²) in [6.07, 6.45) is -1.25. The second kappa shape index (κ2) is 10.7. The molecule has 8 nitrogen and oxygen atoms in total. The van der Waals surface area contributed by atoms with E-state index < -0.39 is 12.1 Å². The number of aliphatic carboxylic acids is 1. The van der Waals surface area contributed by atoms with Gasteiger partial charge in [0.1, 0.15) is 0 Å². The molecule has 0 bridgehead atoms. The number of aliphatic hydroxyl groups is 1. The molecule has 2 aromatic rings. The maximum absolute atomic E-state index is 11.0. The molecule has 2 aromatic carbocycles. The summed E-state index contributed by atoms with van der Waals surface area (Å²) < 4.78 is 14.8. The second-order valence-corrected chi connectivity index (χ2v) is 5.15. The fraction of sp³-hybridized carbons (Fsp3) is 0.263. The molecule has 0 aliphatic rings. The summed E-state index contributed by atoms with van der Waals surface area (Å²) in [5.74, 6) is -0.542. The van der Waals surface area contributed by atoms with Crippen LogP contribution in [-0.2, 0) is 9.59 Å². The highest BCUT2D eigenvalue weighted by Crippen LogP contribution is 2.29. The number of carboxylic acid groups (broad SMARTS) is 1. The van der Waals surface area contributed by atoms with Gasteiger partial charge in [-0.05, 0) is 29.8 Å². The molecule has 2 rings (SSSR count). The third-order valence-corrected chi connectivity index (χ3v) is 3.33. The minimum Gasteiger partial charge on any atom is -0.504 e. The van der Waals surface area contributed by atoms with Gasteiger partial charge in [0.05, 0.1) is 14.2 Å². The van der Waals surface area contributed by atoms with Crippen LogP contribution in [0.4, 0.5) is 0 Å². The molecule has 0 saturated carbocycles. The molecule has 3 N–H and O–H groups in total. The fourth-order valence-corrected chi connectivity index (χ4v) is 1.90. The van der Waals surface area contributed by atoms with Crippen molar-refractivity contribution in [3.05, 3.63) is 48.0 Å². The van der Waals surface area contributed by atoms with Crippen LogP contribution >= 0.6 is 0 Å². The predicted octanol–water partition coefficient (Wildman–Crippen LogP) is 2.53. The number of aromatic hydroxyl groups is 1. The maximum atomic E-state index is 11.0. The Hall–Kier alpha value is -3.26. The van der Waals surface area contributed by atoms with Crippen LogP contribution in [-0.4, -0.2) is 41.5 Å². The van der Waals surface area contributed by atoms with Crippen molar-refractivity contribution in [2.24, 2.45) is 0 Å². The summed E-state index contributed by atoms with van der Waals surface area (Å²) in [5.41, 5.74) is 0.159. The first-order chi connectivity index (χ1) is 12.8. The standard InChI is InChI=1S/C10H12O3.C9H10O5/c1-3-10(11)13-9-7-5-4-6-8(9)12-2;1-14-7-4-5(2-3-6(7)10)8(11)9(12)13/h4-7H,3H2,1-2H3;2-4,8,10-11H,1H3,(H,12,13). The number of ether oxygens (including phenoxy) is 3. The quantitative estimate of drug-likeness (QED) is 0.518. The zero-order valence-corrected chi connectivity index (χ0v) is 15.2. The maximum Gasteiger partial charge on any atom is 0.337 e. The van der Waals surface area contributed by atoms with E-state index in [4.69, 9.17) is 19.3 Å². The van der Waals surface area contributed by atoms with E-state index in [1.54, 1.807) is 32.2 Å². The first kappa shape index (κ1) is 21.8. The molecular weight excluding hydrogens is 356 g/mol. The van der Waals surface area contributed by atoms with Gasteiger partial charge in [-0.25, -0.2) is 4.79 Å². The normalized spacial score (nSPS) is 10.8. The number of carbonyl (C=O) groups excluding carboxylic acids is 1. The van der Waals surface area contributed by atoms with E-state index >= 15 is 0 Å². The lowest BCUT2D eigenvalue weighted by molar-refractivity contribution is -0.147. The Morgan fingerprint density at radius 2 is 1.59 bits per heavy atom. The molecule has 0 fully saturated rings. The molecule has 0 radical (unpaired) electrons. The van der Waals surface area contributed by atoms with Crippen molar-refractivity contribution in [2.45, 2.75) is 19.4 Å². The van der Waals surface area contributed by atoms with Gasteiger partial charge in [-0.2, -0.15) is 0 Å². The van der Waals surface area contributed by atoms with Crippen LogP contribution < -0.4 is 14.2 Å². The van der Waals surface area contributed by atoms with Crippen LogP contribution in [0.3, 0.4) is 0 Å². The fourth-order valence-electron chi connectivity index (χ4n) is 1.90. The molecule has 0 aliphatic carbocycles. The van der Waals surface area contributed by atoms with Gasteiger partial charge in [0, 0.05) is 6.42 Å². The van der Waals surface area contributed by atoms with Crippen LogP contribution in [0.2, 0.25) is 0 Å². The van der Waals surface area contributed by atoms with Crippen LogP contribution in [0.25, 0.3) is 0 Å². The summed E-state index contributed by atoms with van der Waals surface area (Å²) >= 11 is 0. The number of carbonyl (C=O) groups is 2. The number of carboxylic acids is 1. The number of phenolic OH excluding ortho intramolecular Hbond substituents is 1. The molecule has 146 valence electrons. The number of hydrogen-bond acceptors (Lipinski definition) is 7. The highest BCUT2D eigenvalue weighted by Gasteiger charge is 2.17. The highest BCUT2D eigenvalue weighted by molar-refractivity contribution is 5.74. The Morgan fingerprint density at radius 1 is 1.00 bits per heavy atom. The number of methoxy groups -OCH3 is 2. The number of rotatable bonds is 6. The average Bonchev–Trinajstić information content (AvgIpc) is 2.68. The van der Waals surface area contributed by atoms with Gasteiger partial charge in [-0.3, -0.25) is 4.79 Å². The van der Waals surface area contributed by atoms with Gasteiger partial charge >= 0.3 is 11.9 Å². The molecule has 1 unspecified atom stereocenters. The summed E-state index contributed by atoms with van der Waals surface area (Å²) in [4.78, 5) is 21.4. The molecule has 1 atom stereocenters. The smallest absolute Gasteiger partial charge is 0.337 e. The Morgan fingerprint density at radius 3 is 2.11 bits per heavy atom. The highest BCUT2D eigenvalue weighted by atomic mass is 16.6. The number of benzene rings is 2. The second-order valence-electron chi connectivity index (χ2n) is 5.15. The molecule has 0 amide bonds. The lowest BCUT2D eigenvalue weighted by atomic mass is 10.1. The van der Waals surface area contributed by atoms with E-state index in [1.807, 2.05) is 6.07 Å². The number of hydrogen-bond donors (Lipinski definition) is 3. The molecule has 0 spiro atoms. The van der Waals surface area contributed by atoms with Crippen molar-refractivity contribution in [1.29, 1.82) is 0 Å². The minimum absolute atomic E-state index is 0.103. The third-order valence-electron chi connectivity index (χ3n) is 3.33. The number of phenols is 1. The topological polar surface area (TPSA) is 123 Å². The third kappa shape index (κ3) is 6.52. The van der Waals surface area contributed by atoms with Gasteiger partial charge in [-0.15, -0.1) is 0 Å². The van der Waals surface area contributed by atoms with Crippen molar-refractivity contribution < 1.29 is 39.1 Å². The van der Waals surface area contributed by atoms with Crippen molar-refractivity contribution in [3.63, 3.8) is 0 Å². The van der Waals surface area contributed by atoms with Crippen LogP contribution in [0.15, 0.2) is 42.5 Å². The van der Waals surface area contributed by atoms with E-state index in [0.717, 1.165) is 0 Å². The van der Waals surface area contributed by atoms with Crippen LogP contribution in [0.1, 0.15) is 25.0 Å². The van der Waals surface area contributed by atoms with E-state index in [9.17, 15) is 19.8 Å². The molecule has 0 aliphatic heterocycles. The van der Waals surface area contributed by atoms with Crippen molar-refractivity contribution in [2.75, 3.05) is 14.2 Å². The molecule has 0 aromatic heterocycles. The zero-order chi connectivity index (χ0) is 20.4. The number of esters is 1. The first-order valence-electron chi connectivity index (χ1n) is 7.95.